The van der Waals surface area contributed by atoms with Crippen LogP contribution in [0.25, 0.3) is 0 Å². The van der Waals surface area contributed by atoms with Gasteiger partial charge >= 0.3 is 6.03 Å². The molecular formula is C15H20Cl2N2O3. The number of rotatable bonds is 7. The minimum Gasteiger partial charge on any atom is -0.389 e. The van der Waals surface area contributed by atoms with Crippen molar-refractivity contribution >= 4 is 29.2 Å². The molecule has 2 amide bonds. The van der Waals surface area contributed by atoms with E-state index in [2.05, 4.69) is 10.6 Å². The Balaban J connectivity index is 1.70. The topological polar surface area (TPSA) is 70.6 Å². The molecule has 0 bridgehead atoms. The quantitative estimate of drug-likeness (QED) is 0.709. The van der Waals surface area contributed by atoms with Crippen molar-refractivity contribution in [1.29, 1.82) is 0 Å². The van der Waals surface area contributed by atoms with Crippen LogP contribution in [0.2, 0.25) is 10.0 Å². The summed E-state index contributed by atoms with van der Waals surface area (Å²) in [5.41, 5.74) is 1.08. The van der Waals surface area contributed by atoms with Crippen LogP contribution in [-0.2, 0) is 4.74 Å². The SMILES string of the molecule is COC[C@H](O)CNC(=O)NC[C@@H]1C[C@@H]1c1ccc(Cl)cc1Cl. The standard InChI is InChI=1S/C15H20Cl2N2O3/c1-22-8-11(20)7-19-15(21)18-6-9-4-13(9)12-3-2-10(16)5-14(12)17/h2-3,5,9,11,13,20H,4,6-8H2,1H3,(H2,18,19,21)/t9-,11+,13-/m0/s1. The molecule has 5 nitrogen and oxygen atoms in total. The van der Waals surface area contributed by atoms with E-state index in [9.17, 15) is 9.90 Å². The molecular weight excluding hydrogens is 327 g/mol. The van der Waals surface area contributed by atoms with Gasteiger partial charge in [-0.2, -0.15) is 0 Å². The Morgan fingerprint density at radius 2 is 2.23 bits per heavy atom. The number of nitrogens with one attached hydrogen (secondary N) is 2. The Morgan fingerprint density at radius 1 is 1.45 bits per heavy atom. The van der Waals surface area contributed by atoms with Gasteiger partial charge in [0.15, 0.2) is 0 Å². The van der Waals surface area contributed by atoms with E-state index < -0.39 is 6.10 Å². The van der Waals surface area contributed by atoms with Gasteiger partial charge in [-0.05, 0) is 36.0 Å². The molecule has 0 aromatic heterocycles. The van der Waals surface area contributed by atoms with E-state index in [4.69, 9.17) is 27.9 Å². The molecule has 1 aliphatic carbocycles. The number of hydrogen-bond acceptors (Lipinski definition) is 3. The Morgan fingerprint density at radius 3 is 2.91 bits per heavy atom. The monoisotopic (exact) mass is 346 g/mol. The lowest BCUT2D eigenvalue weighted by molar-refractivity contribution is 0.0660. The molecule has 0 heterocycles. The van der Waals surface area contributed by atoms with Gasteiger partial charge in [0.2, 0.25) is 0 Å². The second-order valence-corrected chi connectivity index (χ2v) is 6.31. The van der Waals surface area contributed by atoms with Gasteiger partial charge in [0.05, 0.1) is 12.7 Å². The molecule has 1 aliphatic rings. The molecule has 2 rings (SSSR count). The smallest absolute Gasteiger partial charge is 0.314 e. The highest BCUT2D eigenvalue weighted by Gasteiger charge is 2.39. The summed E-state index contributed by atoms with van der Waals surface area (Å²) in [5, 5.41) is 16.1. The molecule has 0 saturated heterocycles. The number of carbonyl (C=O) groups excluding carboxylic acids is 1. The summed E-state index contributed by atoms with van der Waals surface area (Å²) in [6.45, 7) is 0.937. The Labute approximate surface area is 139 Å². The maximum absolute atomic E-state index is 11.6. The predicted octanol–water partition coefficient (Wildman–Crippen LogP) is 2.40. The summed E-state index contributed by atoms with van der Waals surface area (Å²) in [5.74, 6) is 0.748. The number of ether oxygens (including phenoxy) is 1. The van der Waals surface area contributed by atoms with Gasteiger partial charge in [-0.1, -0.05) is 29.3 Å². The van der Waals surface area contributed by atoms with Crippen molar-refractivity contribution in [2.75, 3.05) is 26.8 Å². The van der Waals surface area contributed by atoms with Gasteiger partial charge in [0.25, 0.3) is 0 Å². The van der Waals surface area contributed by atoms with E-state index in [1.807, 2.05) is 12.1 Å². The van der Waals surface area contributed by atoms with Crippen molar-refractivity contribution in [3.8, 4) is 0 Å². The fourth-order valence-electron chi connectivity index (χ4n) is 2.40. The summed E-state index contributed by atoms with van der Waals surface area (Å²) >= 11 is 12.1. The van der Waals surface area contributed by atoms with Gasteiger partial charge in [-0.25, -0.2) is 4.79 Å². The highest BCUT2D eigenvalue weighted by atomic mass is 35.5. The van der Waals surface area contributed by atoms with Crippen LogP contribution in [0.1, 0.15) is 17.9 Å². The highest BCUT2D eigenvalue weighted by molar-refractivity contribution is 6.35. The third-order valence-electron chi connectivity index (χ3n) is 3.67. The van der Waals surface area contributed by atoms with E-state index in [0.717, 1.165) is 12.0 Å². The van der Waals surface area contributed by atoms with Crippen molar-refractivity contribution in [1.82, 2.24) is 10.6 Å². The van der Waals surface area contributed by atoms with Crippen molar-refractivity contribution in [3.63, 3.8) is 0 Å². The molecule has 7 heteroatoms. The van der Waals surface area contributed by atoms with Crippen molar-refractivity contribution in [3.05, 3.63) is 33.8 Å². The molecule has 1 aromatic carbocycles. The van der Waals surface area contributed by atoms with Gasteiger partial charge < -0.3 is 20.5 Å². The van der Waals surface area contributed by atoms with Crippen molar-refractivity contribution in [2.45, 2.75) is 18.4 Å². The molecule has 0 unspecified atom stereocenters. The first-order chi connectivity index (χ1) is 10.5. The van der Waals surface area contributed by atoms with Gasteiger partial charge in [-0.3, -0.25) is 0 Å². The van der Waals surface area contributed by atoms with E-state index in [0.29, 0.717) is 28.4 Å². The lowest BCUT2D eigenvalue weighted by Crippen LogP contribution is -2.41. The molecule has 0 radical (unpaired) electrons. The lowest BCUT2D eigenvalue weighted by atomic mass is 10.1. The molecule has 3 N–H and O–H groups in total. The van der Waals surface area contributed by atoms with Crippen LogP contribution >= 0.6 is 23.2 Å². The van der Waals surface area contributed by atoms with Crippen LogP contribution < -0.4 is 10.6 Å². The van der Waals surface area contributed by atoms with Crippen molar-refractivity contribution < 1.29 is 14.6 Å². The molecule has 1 fully saturated rings. The number of carbonyl (C=O) groups is 1. The second-order valence-electron chi connectivity index (χ2n) is 5.47. The van der Waals surface area contributed by atoms with Crippen LogP contribution in [0.4, 0.5) is 4.79 Å². The third-order valence-corrected chi connectivity index (χ3v) is 4.23. The van der Waals surface area contributed by atoms with Crippen molar-refractivity contribution in [2.24, 2.45) is 5.92 Å². The number of aliphatic hydroxyl groups is 1. The summed E-state index contributed by atoms with van der Waals surface area (Å²) in [7, 11) is 1.50. The Kier molecular flexibility index (Phi) is 6.32. The summed E-state index contributed by atoms with van der Waals surface area (Å²) in [6.07, 6.45) is 0.297. The average molecular weight is 347 g/mol. The number of hydrogen-bond donors (Lipinski definition) is 3. The zero-order valence-corrected chi connectivity index (χ0v) is 13.8. The number of methoxy groups -OCH3 is 1. The molecule has 1 saturated carbocycles. The van der Waals surface area contributed by atoms with Crippen LogP contribution in [0, 0.1) is 5.92 Å². The first-order valence-electron chi connectivity index (χ1n) is 7.15. The summed E-state index contributed by atoms with van der Waals surface area (Å²) in [4.78, 5) is 11.6. The average Bonchev–Trinajstić information content (AvgIpc) is 3.22. The highest BCUT2D eigenvalue weighted by Crippen LogP contribution is 2.49. The number of urea groups is 1. The molecule has 0 spiro atoms. The van der Waals surface area contributed by atoms with Crippen LogP contribution in [-0.4, -0.2) is 44.0 Å². The third kappa shape index (κ3) is 5.02. The Hall–Kier alpha value is -1.01. The van der Waals surface area contributed by atoms with Gasteiger partial charge in [-0.15, -0.1) is 0 Å². The first-order valence-corrected chi connectivity index (χ1v) is 7.90. The van der Waals surface area contributed by atoms with E-state index in [1.165, 1.54) is 7.11 Å². The minimum atomic E-state index is -0.697. The van der Waals surface area contributed by atoms with E-state index in [-0.39, 0.29) is 19.2 Å². The zero-order chi connectivity index (χ0) is 16.1. The largest absolute Gasteiger partial charge is 0.389 e. The summed E-state index contributed by atoms with van der Waals surface area (Å²) < 4.78 is 4.78. The van der Waals surface area contributed by atoms with Crippen LogP contribution in [0.5, 0.6) is 0 Å². The molecule has 1 aromatic rings. The van der Waals surface area contributed by atoms with Crippen LogP contribution in [0.15, 0.2) is 18.2 Å². The second kappa shape index (κ2) is 8.02. The number of halogens is 2. The van der Waals surface area contributed by atoms with E-state index in [1.54, 1.807) is 6.07 Å². The number of aliphatic hydroxyl groups excluding tert-OH is 1. The molecule has 0 aliphatic heterocycles. The number of benzene rings is 1. The Bertz CT molecular complexity index is 528. The van der Waals surface area contributed by atoms with Crippen LogP contribution in [0.3, 0.4) is 0 Å². The van der Waals surface area contributed by atoms with Gasteiger partial charge in [0.1, 0.15) is 0 Å². The minimum absolute atomic E-state index is 0.163. The predicted molar refractivity (Wildman–Crippen MR) is 86.6 cm³/mol. The molecule has 22 heavy (non-hydrogen) atoms. The normalized spacial score (nSPS) is 21.3. The fraction of sp³-hybridized carbons (Fsp3) is 0.533. The molecule has 122 valence electrons. The van der Waals surface area contributed by atoms with E-state index >= 15 is 0 Å². The maximum atomic E-state index is 11.6. The van der Waals surface area contributed by atoms with Gasteiger partial charge in [0, 0.05) is 30.2 Å². The molecule has 3 atom stereocenters. The first kappa shape index (κ1) is 17.3. The fourth-order valence-corrected chi connectivity index (χ4v) is 2.95. The summed E-state index contributed by atoms with van der Waals surface area (Å²) in [6, 6.07) is 5.22. The number of amides is 2. The maximum Gasteiger partial charge on any atom is 0.314 e. The lowest BCUT2D eigenvalue weighted by Gasteiger charge is -2.11. The zero-order valence-electron chi connectivity index (χ0n) is 12.3.